The van der Waals surface area contributed by atoms with Gasteiger partial charge in [0.05, 0.1) is 0 Å². The average Bonchev–Trinajstić information content (AvgIpc) is 2.14. The van der Waals surface area contributed by atoms with Crippen LogP contribution in [0, 0.1) is 0 Å². The van der Waals surface area contributed by atoms with E-state index in [2.05, 4.69) is 12.4 Å². The van der Waals surface area contributed by atoms with Crippen LogP contribution in [0.4, 0.5) is 0 Å². The molecule has 0 aromatic heterocycles. The van der Waals surface area contributed by atoms with Gasteiger partial charge in [0.25, 0.3) is 0 Å². The molecule has 0 amide bonds. The Kier molecular flexibility index (Phi) is 4.35. The van der Waals surface area contributed by atoms with E-state index in [0.29, 0.717) is 0 Å². The molecule has 1 rings (SSSR count). The third-order valence-corrected chi connectivity index (χ3v) is 1.98. The fraction of sp³-hybridized carbons (Fsp3) is 0.600. The van der Waals surface area contributed by atoms with Gasteiger partial charge in [0.15, 0.2) is 0 Å². The summed E-state index contributed by atoms with van der Waals surface area (Å²) in [6.07, 6.45) is 12.1. The summed E-state index contributed by atoms with van der Waals surface area (Å²) in [5.41, 5.74) is 4.06. The molecule has 0 bridgehead atoms. The Balaban J connectivity index is 2.06. The third-order valence-electron chi connectivity index (χ3n) is 1.98. The van der Waals surface area contributed by atoms with Gasteiger partial charge in [-0.1, -0.05) is 26.2 Å². The zero-order chi connectivity index (χ0) is 8.65. The lowest BCUT2D eigenvalue weighted by Gasteiger charge is -2.08. The molecular weight excluding hydrogens is 150 g/mol. The van der Waals surface area contributed by atoms with Crippen LogP contribution in [0.3, 0.4) is 0 Å². The number of hydrogen-bond donors (Lipinski definition) is 1. The number of unbranched alkanes of at least 4 members (excludes halogenated alkanes) is 3. The third kappa shape index (κ3) is 3.46. The predicted octanol–water partition coefficient (Wildman–Crippen LogP) is 2.89. The first-order valence-corrected chi connectivity index (χ1v) is 4.70. The zero-order valence-corrected chi connectivity index (χ0v) is 7.68. The molecule has 1 heterocycles. The average molecular weight is 167 g/mol. The molecule has 1 aliphatic heterocycles. The van der Waals surface area contributed by atoms with Crippen molar-refractivity contribution < 1.29 is 4.84 Å². The van der Waals surface area contributed by atoms with Crippen LogP contribution in [-0.2, 0) is 4.84 Å². The molecule has 12 heavy (non-hydrogen) atoms. The lowest BCUT2D eigenvalue weighted by molar-refractivity contribution is 0.170. The van der Waals surface area contributed by atoms with Gasteiger partial charge in [-0.15, -0.1) is 0 Å². The van der Waals surface area contributed by atoms with Crippen LogP contribution >= 0.6 is 0 Å². The molecule has 0 radical (unpaired) electrons. The van der Waals surface area contributed by atoms with Crippen molar-refractivity contribution in [2.45, 2.75) is 39.0 Å². The Morgan fingerprint density at radius 2 is 2.25 bits per heavy atom. The van der Waals surface area contributed by atoms with E-state index in [4.69, 9.17) is 4.84 Å². The van der Waals surface area contributed by atoms with Gasteiger partial charge in [-0.25, -0.2) is 5.48 Å². The lowest BCUT2D eigenvalue weighted by atomic mass is 10.1. The predicted molar refractivity (Wildman–Crippen MR) is 50.2 cm³/mol. The van der Waals surface area contributed by atoms with Gasteiger partial charge in [0.2, 0.25) is 0 Å². The van der Waals surface area contributed by atoms with Crippen LogP contribution in [0.25, 0.3) is 0 Å². The van der Waals surface area contributed by atoms with E-state index in [-0.39, 0.29) is 0 Å². The molecule has 0 saturated heterocycles. The van der Waals surface area contributed by atoms with Crippen LogP contribution in [0.5, 0.6) is 0 Å². The number of hydroxylamine groups is 1. The van der Waals surface area contributed by atoms with Crippen molar-refractivity contribution in [3.8, 4) is 0 Å². The first-order chi connectivity index (χ1) is 5.93. The minimum absolute atomic E-state index is 1.16. The van der Waals surface area contributed by atoms with Gasteiger partial charge >= 0.3 is 0 Å². The highest BCUT2D eigenvalue weighted by Crippen LogP contribution is 2.12. The summed E-state index contributed by atoms with van der Waals surface area (Å²) < 4.78 is 0. The number of allylic oxidation sites excluding steroid dienone is 2. The lowest BCUT2D eigenvalue weighted by Crippen LogP contribution is -2.06. The normalized spacial score (nSPS) is 14.9. The fourth-order valence-electron chi connectivity index (χ4n) is 1.23. The summed E-state index contributed by atoms with van der Waals surface area (Å²) in [6.45, 7) is 2.23. The molecule has 68 valence electrons. The topological polar surface area (TPSA) is 21.3 Å². The molecule has 0 aromatic rings. The summed E-state index contributed by atoms with van der Waals surface area (Å²) in [7, 11) is 0. The van der Waals surface area contributed by atoms with Crippen LogP contribution in [0.2, 0.25) is 0 Å². The Hall–Kier alpha value is -0.920. The van der Waals surface area contributed by atoms with Gasteiger partial charge in [-0.3, -0.25) is 0 Å². The fourth-order valence-corrected chi connectivity index (χ4v) is 1.23. The molecular formula is C10H17NO. The van der Waals surface area contributed by atoms with Crippen LogP contribution < -0.4 is 5.48 Å². The van der Waals surface area contributed by atoms with E-state index < -0.39 is 0 Å². The minimum atomic E-state index is 1.16. The number of nitrogens with one attached hydrogen (secondary N) is 1. The van der Waals surface area contributed by atoms with E-state index in [1.165, 1.54) is 31.3 Å². The number of hydrogen-bond acceptors (Lipinski definition) is 2. The van der Waals surface area contributed by atoms with Crippen LogP contribution in [-0.4, -0.2) is 0 Å². The highest BCUT2D eigenvalue weighted by atomic mass is 16.6. The van der Waals surface area contributed by atoms with E-state index in [1.807, 2.05) is 12.3 Å². The summed E-state index contributed by atoms with van der Waals surface area (Å²) in [4.78, 5) is 4.82. The molecule has 2 nitrogen and oxygen atoms in total. The SMILES string of the molecule is CCCCCCC1=CNOC=C1. The van der Waals surface area contributed by atoms with E-state index >= 15 is 0 Å². The maximum Gasteiger partial charge on any atom is 0.119 e. The van der Waals surface area contributed by atoms with E-state index in [0.717, 1.165) is 6.42 Å². The minimum Gasteiger partial charge on any atom is -0.391 e. The Labute approximate surface area is 74.3 Å². The molecule has 0 atom stereocenters. The van der Waals surface area contributed by atoms with E-state index in [9.17, 15) is 0 Å². The van der Waals surface area contributed by atoms with Crippen LogP contribution in [0.15, 0.2) is 24.1 Å². The molecule has 0 saturated carbocycles. The first kappa shape index (κ1) is 9.17. The van der Waals surface area contributed by atoms with Crippen molar-refractivity contribution in [3.63, 3.8) is 0 Å². The van der Waals surface area contributed by atoms with Crippen molar-refractivity contribution in [2.75, 3.05) is 0 Å². The van der Waals surface area contributed by atoms with Crippen molar-refractivity contribution in [2.24, 2.45) is 0 Å². The second kappa shape index (κ2) is 5.70. The first-order valence-electron chi connectivity index (χ1n) is 4.70. The van der Waals surface area contributed by atoms with Gasteiger partial charge in [-0.05, 0) is 24.5 Å². The molecule has 1 aliphatic rings. The molecule has 0 aliphatic carbocycles. The Bertz CT molecular complexity index is 173. The van der Waals surface area contributed by atoms with Crippen molar-refractivity contribution in [1.82, 2.24) is 5.48 Å². The molecule has 1 N–H and O–H groups in total. The van der Waals surface area contributed by atoms with Gasteiger partial charge in [-0.2, -0.15) is 0 Å². The van der Waals surface area contributed by atoms with Crippen molar-refractivity contribution >= 4 is 0 Å². The zero-order valence-electron chi connectivity index (χ0n) is 7.68. The second-order valence-corrected chi connectivity index (χ2v) is 3.07. The second-order valence-electron chi connectivity index (χ2n) is 3.07. The summed E-state index contributed by atoms with van der Waals surface area (Å²) in [5, 5.41) is 0. The Morgan fingerprint density at radius 1 is 1.33 bits per heavy atom. The highest BCUT2D eigenvalue weighted by molar-refractivity contribution is 5.17. The molecule has 0 spiro atoms. The molecule has 0 fully saturated rings. The summed E-state index contributed by atoms with van der Waals surface area (Å²) >= 11 is 0. The highest BCUT2D eigenvalue weighted by Gasteiger charge is 1.96. The van der Waals surface area contributed by atoms with Gasteiger partial charge in [0, 0.05) is 6.20 Å². The van der Waals surface area contributed by atoms with Crippen molar-refractivity contribution in [3.05, 3.63) is 24.1 Å². The maximum atomic E-state index is 4.82. The summed E-state index contributed by atoms with van der Waals surface area (Å²) in [6, 6.07) is 0. The van der Waals surface area contributed by atoms with Gasteiger partial charge in [0.1, 0.15) is 6.26 Å². The maximum absolute atomic E-state index is 4.82. The van der Waals surface area contributed by atoms with Crippen molar-refractivity contribution in [1.29, 1.82) is 0 Å². The molecule has 0 aromatic carbocycles. The smallest absolute Gasteiger partial charge is 0.119 e. The summed E-state index contributed by atoms with van der Waals surface area (Å²) in [5.74, 6) is 0. The number of rotatable bonds is 5. The Morgan fingerprint density at radius 3 is 2.92 bits per heavy atom. The van der Waals surface area contributed by atoms with Gasteiger partial charge < -0.3 is 4.84 Å². The largest absolute Gasteiger partial charge is 0.391 e. The van der Waals surface area contributed by atoms with Crippen LogP contribution in [0.1, 0.15) is 39.0 Å². The molecule has 2 heteroatoms. The molecule has 0 unspecified atom stereocenters. The van der Waals surface area contributed by atoms with E-state index in [1.54, 1.807) is 6.26 Å². The monoisotopic (exact) mass is 167 g/mol. The standard InChI is InChI=1S/C10H17NO/c1-2-3-4-5-6-10-7-8-12-11-9-10/h7-9,11H,2-6H2,1H3. The quantitative estimate of drug-likeness (QED) is 0.636.